The van der Waals surface area contributed by atoms with E-state index in [0.717, 1.165) is 36.3 Å². The van der Waals surface area contributed by atoms with Crippen LogP contribution in [0.1, 0.15) is 37.3 Å². The van der Waals surface area contributed by atoms with E-state index in [2.05, 4.69) is 16.0 Å². The van der Waals surface area contributed by atoms with Crippen LogP contribution in [-0.2, 0) is 4.79 Å². The SMILES string of the molecule is O=C(CCCC[C@@H]1SC[C@@H]2NC(=O)N[C@@H]21)N[C@@H]1COc2ccccc21. The van der Waals surface area contributed by atoms with Crippen LogP contribution in [0.2, 0.25) is 0 Å². The quantitative estimate of drug-likeness (QED) is 0.535. The van der Waals surface area contributed by atoms with Crippen molar-refractivity contribution < 1.29 is 14.3 Å². The highest BCUT2D eigenvalue weighted by atomic mass is 32.2. The summed E-state index contributed by atoms with van der Waals surface area (Å²) in [7, 11) is 0. The molecule has 1 aromatic carbocycles. The normalized spacial score (nSPS) is 29.4. The molecule has 0 unspecified atom stereocenters. The summed E-state index contributed by atoms with van der Waals surface area (Å²) >= 11 is 1.92. The van der Waals surface area contributed by atoms with Gasteiger partial charge in [0.25, 0.3) is 0 Å². The minimum atomic E-state index is -0.0428. The number of carbonyl (C=O) groups is 2. The Bertz CT molecular complexity index is 669. The maximum atomic E-state index is 12.2. The average Bonchev–Trinajstić information content (AvgIpc) is 3.27. The maximum absolute atomic E-state index is 12.2. The van der Waals surface area contributed by atoms with Crippen LogP contribution in [0, 0.1) is 0 Å². The molecule has 0 aliphatic carbocycles. The summed E-state index contributed by atoms with van der Waals surface area (Å²) in [6, 6.07) is 8.29. The minimum Gasteiger partial charge on any atom is -0.491 e. The van der Waals surface area contributed by atoms with Gasteiger partial charge in [-0.1, -0.05) is 24.6 Å². The van der Waals surface area contributed by atoms with E-state index in [-0.39, 0.29) is 30.1 Å². The molecule has 25 heavy (non-hydrogen) atoms. The molecule has 3 N–H and O–H groups in total. The highest BCUT2D eigenvalue weighted by Crippen LogP contribution is 2.33. The third-order valence-electron chi connectivity index (χ3n) is 5.12. The van der Waals surface area contributed by atoms with Gasteiger partial charge in [-0.2, -0.15) is 11.8 Å². The van der Waals surface area contributed by atoms with Gasteiger partial charge in [-0.15, -0.1) is 0 Å². The highest BCUT2D eigenvalue weighted by molar-refractivity contribution is 8.00. The lowest BCUT2D eigenvalue weighted by Crippen LogP contribution is -2.36. The molecule has 0 saturated carbocycles. The molecule has 4 atom stereocenters. The molecule has 7 heteroatoms. The summed E-state index contributed by atoms with van der Waals surface area (Å²) < 4.78 is 5.60. The number of benzene rings is 1. The minimum absolute atomic E-state index is 0.0328. The fourth-order valence-electron chi connectivity index (χ4n) is 3.82. The zero-order valence-corrected chi connectivity index (χ0v) is 14.8. The molecule has 2 fully saturated rings. The Morgan fingerprint density at radius 2 is 2.16 bits per heavy atom. The molecule has 1 aromatic rings. The van der Waals surface area contributed by atoms with Gasteiger partial charge in [0.05, 0.1) is 18.1 Å². The van der Waals surface area contributed by atoms with Crippen molar-refractivity contribution in [1.29, 1.82) is 0 Å². The van der Waals surface area contributed by atoms with E-state index in [9.17, 15) is 9.59 Å². The Labute approximate surface area is 151 Å². The van der Waals surface area contributed by atoms with Crippen molar-refractivity contribution >= 4 is 23.7 Å². The first-order chi connectivity index (χ1) is 12.2. The topological polar surface area (TPSA) is 79.5 Å². The largest absolute Gasteiger partial charge is 0.491 e. The Hall–Kier alpha value is -1.89. The van der Waals surface area contributed by atoms with Gasteiger partial charge in [0.2, 0.25) is 5.91 Å². The van der Waals surface area contributed by atoms with Crippen LogP contribution in [0.25, 0.3) is 0 Å². The molecule has 3 amide bonds. The second-order valence-electron chi connectivity index (χ2n) is 6.84. The summed E-state index contributed by atoms with van der Waals surface area (Å²) in [5.74, 6) is 1.93. The highest BCUT2D eigenvalue weighted by Gasteiger charge is 2.42. The first kappa shape index (κ1) is 16.6. The van der Waals surface area contributed by atoms with Crippen molar-refractivity contribution in [3.63, 3.8) is 0 Å². The van der Waals surface area contributed by atoms with Gasteiger partial charge in [-0.3, -0.25) is 4.79 Å². The number of para-hydroxylation sites is 1. The van der Waals surface area contributed by atoms with Crippen LogP contribution >= 0.6 is 11.8 Å². The third-order valence-corrected chi connectivity index (χ3v) is 6.62. The number of hydrogen-bond donors (Lipinski definition) is 3. The lowest BCUT2D eigenvalue weighted by molar-refractivity contribution is -0.122. The lowest BCUT2D eigenvalue weighted by atomic mass is 10.0. The van der Waals surface area contributed by atoms with E-state index in [4.69, 9.17) is 4.74 Å². The monoisotopic (exact) mass is 361 g/mol. The zero-order valence-electron chi connectivity index (χ0n) is 14.0. The maximum Gasteiger partial charge on any atom is 0.315 e. The van der Waals surface area contributed by atoms with Crippen molar-refractivity contribution in [2.75, 3.05) is 12.4 Å². The molecule has 0 radical (unpaired) electrons. The predicted octanol–water partition coefficient (Wildman–Crippen LogP) is 1.96. The molecular formula is C18H23N3O3S. The zero-order chi connectivity index (χ0) is 17.2. The van der Waals surface area contributed by atoms with Gasteiger partial charge in [-0.05, 0) is 18.9 Å². The van der Waals surface area contributed by atoms with Crippen molar-refractivity contribution in [3.05, 3.63) is 29.8 Å². The van der Waals surface area contributed by atoms with Gasteiger partial charge >= 0.3 is 6.03 Å². The molecule has 6 nitrogen and oxygen atoms in total. The van der Waals surface area contributed by atoms with E-state index in [1.807, 2.05) is 36.0 Å². The fraction of sp³-hybridized carbons (Fsp3) is 0.556. The first-order valence-electron chi connectivity index (χ1n) is 8.90. The molecule has 134 valence electrons. The average molecular weight is 361 g/mol. The molecule has 0 bridgehead atoms. The summed E-state index contributed by atoms with van der Waals surface area (Å²) in [6.45, 7) is 0.513. The van der Waals surface area contributed by atoms with Gasteiger partial charge in [0.15, 0.2) is 0 Å². The molecule has 3 heterocycles. The number of unbranched alkanes of at least 4 members (excludes halogenated alkanes) is 1. The van der Waals surface area contributed by atoms with Crippen LogP contribution in [-0.4, -0.2) is 41.6 Å². The van der Waals surface area contributed by atoms with Crippen LogP contribution in [0.4, 0.5) is 4.79 Å². The van der Waals surface area contributed by atoms with Crippen LogP contribution in [0.5, 0.6) is 5.75 Å². The Morgan fingerprint density at radius 1 is 1.28 bits per heavy atom. The molecule has 2 saturated heterocycles. The number of thioether (sulfide) groups is 1. The number of nitrogens with one attached hydrogen (secondary N) is 3. The van der Waals surface area contributed by atoms with Crippen LogP contribution in [0.3, 0.4) is 0 Å². The van der Waals surface area contributed by atoms with Crippen LogP contribution < -0.4 is 20.7 Å². The summed E-state index contributed by atoms with van der Waals surface area (Å²) in [5, 5.41) is 9.50. The molecule has 4 rings (SSSR count). The lowest BCUT2D eigenvalue weighted by Gasteiger charge is -2.16. The van der Waals surface area contributed by atoms with Crippen molar-refractivity contribution in [2.24, 2.45) is 0 Å². The number of carbonyl (C=O) groups excluding carboxylic acids is 2. The first-order valence-corrected chi connectivity index (χ1v) is 9.95. The molecule has 0 spiro atoms. The van der Waals surface area contributed by atoms with E-state index in [1.165, 1.54) is 0 Å². The van der Waals surface area contributed by atoms with E-state index in [0.29, 0.717) is 18.3 Å². The third kappa shape index (κ3) is 3.56. The molecule has 3 aliphatic rings. The van der Waals surface area contributed by atoms with Crippen LogP contribution in [0.15, 0.2) is 24.3 Å². The summed E-state index contributed by atoms with van der Waals surface area (Å²) in [5.41, 5.74) is 1.06. The molecule has 3 aliphatic heterocycles. The van der Waals surface area contributed by atoms with Crippen molar-refractivity contribution in [3.8, 4) is 5.75 Å². The fourth-order valence-corrected chi connectivity index (χ4v) is 5.37. The van der Waals surface area contributed by atoms with Crippen molar-refractivity contribution in [2.45, 2.75) is 49.1 Å². The van der Waals surface area contributed by atoms with Crippen molar-refractivity contribution in [1.82, 2.24) is 16.0 Å². The number of urea groups is 1. The second-order valence-corrected chi connectivity index (χ2v) is 8.11. The second kappa shape index (κ2) is 7.15. The van der Waals surface area contributed by atoms with Gasteiger partial charge < -0.3 is 20.7 Å². The van der Waals surface area contributed by atoms with Gasteiger partial charge in [0.1, 0.15) is 12.4 Å². The number of ether oxygens (including phenoxy) is 1. The number of fused-ring (bicyclic) bond motifs is 2. The van der Waals surface area contributed by atoms with Gasteiger partial charge in [-0.25, -0.2) is 4.79 Å². The van der Waals surface area contributed by atoms with E-state index < -0.39 is 0 Å². The molecular weight excluding hydrogens is 338 g/mol. The van der Waals surface area contributed by atoms with E-state index >= 15 is 0 Å². The van der Waals surface area contributed by atoms with Gasteiger partial charge in [0, 0.05) is 23.0 Å². The Balaban J connectivity index is 1.17. The predicted molar refractivity (Wildman–Crippen MR) is 96.8 cm³/mol. The summed E-state index contributed by atoms with van der Waals surface area (Å²) in [6.07, 6.45) is 3.45. The molecule has 0 aromatic heterocycles. The summed E-state index contributed by atoms with van der Waals surface area (Å²) in [4.78, 5) is 23.6. The standard InChI is InChI=1S/C18H23N3O3S/c22-16(19-12-9-24-14-6-2-1-5-11(12)14)8-4-3-7-15-17-13(10-25-15)20-18(23)21-17/h1-2,5-6,12-13,15,17H,3-4,7-10H2,(H,19,22)(H2,20,21,23)/t12-,13+,15+,17+/m1/s1. The Morgan fingerprint density at radius 3 is 3.08 bits per heavy atom. The smallest absolute Gasteiger partial charge is 0.315 e. The number of hydrogen-bond acceptors (Lipinski definition) is 4. The Kier molecular flexibility index (Phi) is 4.74. The van der Waals surface area contributed by atoms with E-state index in [1.54, 1.807) is 0 Å². The number of rotatable bonds is 6. The number of amides is 3.